The lowest BCUT2D eigenvalue weighted by Gasteiger charge is -1.98. The minimum atomic E-state index is 0.101. The standard InChI is InChI=1S/C10H13NOS/c1-6-5-9(13-7(6)2)10(12)11-8-3-4-8/h5,8H,3-4H2,1-2H3,(H,11,12). The Kier molecular flexibility index (Phi) is 2.12. The van der Waals surface area contributed by atoms with E-state index in [0.717, 1.165) is 17.7 Å². The smallest absolute Gasteiger partial charge is 0.261 e. The predicted molar refractivity (Wildman–Crippen MR) is 54.3 cm³/mol. The molecule has 0 radical (unpaired) electrons. The fourth-order valence-corrected chi connectivity index (χ4v) is 2.11. The molecule has 1 amide bonds. The lowest BCUT2D eigenvalue weighted by Crippen LogP contribution is -2.24. The monoisotopic (exact) mass is 195 g/mol. The number of amides is 1. The van der Waals surface area contributed by atoms with Crippen LogP contribution in [0.25, 0.3) is 0 Å². The molecule has 0 atom stereocenters. The quantitative estimate of drug-likeness (QED) is 0.770. The van der Waals surface area contributed by atoms with E-state index in [1.54, 1.807) is 11.3 Å². The molecule has 1 aliphatic rings. The summed E-state index contributed by atoms with van der Waals surface area (Å²) < 4.78 is 0. The number of nitrogens with one attached hydrogen (secondary N) is 1. The Morgan fingerprint density at radius 1 is 1.54 bits per heavy atom. The molecule has 0 aliphatic heterocycles. The highest BCUT2D eigenvalue weighted by Crippen LogP contribution is 2.23. The van der Waals surface area contributed by atoms with Crippen LogP contribution < -0.4 is 5.32 Å². The third kappa shape index (κ3) is 1.91. The Labute approximate surface area is 82.0 Å². The van der Waals surface area contributed by atoms with Gasteiger partial charge < -0.3 is 5.32 Å². The number of carbonyl (C=O) groups excluding carboxylic acids is 1. The maximum Gasteiger partial charge on any atom is 0.261 e. The minimum Gasteiger partial charge on any atom is -0.349 e. The minimum absolute atomic E-state index is 0.101. The summed E-state index contributed by atoms with van der Waals surface area (Å²) in [7, 11) is 0. The molecule has 0 aromatic carbocycles. The van der Waals surface area contributed by atoms with E-state index in [0.29, 0.717) is 6.04 Å². The van der Waals surface area contributed by atoms with Gasteiger partial charge in [-0.25, -0.2) is 0 Å². The third-order valence-electron chi connectivity index (χ3n) is 2.30. The van der Waals surface area contributed by atoms with Gasteiger partial charge in [0.05, 0.1) is 4.88 Å². The van der Waals surface area contributed by atoms with Crippen molar-refractivity contribution in [1.29, 1.82) is 0 Å². The molecular weight excluding hydrogens is 182 g/mol. The second-order valence-electron chi connectivity index (χ2n) is 3.60. The number of hydrogen-bond acceptors (Lipinski definition) is 2. The zero-order chi connectivity index (χ0) is 9.42. The van der Waals surface area contributed by atoms with Crippen molar-refractivity contribution in [3.05, 3.63) is 21.4 Å². The van der Waals surface area contributed by atoms with Crippen molar-refractivity contribution >= 4 is 17.2 Å². The van der Waals surface area contributed by atoms with Gasteiger partial charge in [-0.3, -0.25) is 4.79 Å². The summed E-state index contributed by atoms with van der Waals surface area (Å²) in [4.78, 5) is 13.6. The Hall–Kier alpha value is -0.830. The van der Waals surface area contributed by atoms with E-state index < -0.39 is 0 Å². The lowest BCUT2D eigenvalue weighted by molar-refractivity contribution is 0.0955. The SMILES string of the molecule is Cc1cc(C(=O)NC2CC2)sc1C. The average molecular weight is 195 g/mol. The van der Waals surface area contributed by atoms with Gasteiger partial charge in [0.2, 0.25) is 0 Å². The van der Waals surface area contributed by atoms with Gasteiger partial charge in [0, 0.05) is 10.9 Å². The van der Waals surface area contributed by atoms with Gasteiger partial charge in [-0.1, -0.05) is 0 Å². The van der Waals surface area contributed by atoms with Crippen molar-refractivity contribution in [1.82, 2.24) is 5.32 Å². The van der Waals surface area contributed by atoms with E-state index in [-0.39, 0.29) is 5.91 Å². The van der Waals surface area contributed by atoms with Crippen LogP contribution in [0.15, 0.2) is 6.07 Å². The highest BCUT2D eigenvalue weighted by molar-refractivity contribution is 7.14. The third-order valence-corrected chi connectivity index (χ3v) is 3.45. The molecule has 1 heterocycles. The molecule has 2 rings (SSSR count). The molecule has 0 spiro atoms. The van der Waals surface area contributed by atoms with Crippen molar-refractivity contribution in [2.75, 3.05) is 0 Å². The summed E-state index contributed by atoms with van der Waals surface area (Å²) in [5, 5.41) is 2.98. The highest BCUT2D eigenvalue weighted by Gasteiger charge is 2.24. The second-order valence-corrected chi connectivity index (χ2v) is 4.85. The zero-order valence-electron chi connectivity index (χ0n) is 7.89. The topological polar surface area (TPSA) is 29.1 Å². The largest absolute Gasteiger partial charge is 0.349 e. The van der Waals surface area contributed by atoms with Crippen molar-refractivity contribution in [3.8, 4) is 0 Å². The zero-order valence-corrected chi connectivity index (χ0v) is 8.70. The summed E-state index contributed by atoms with van der Waals surface area (Å²) >= 11 is 1.58. The molecule has 1 N–H and O–H groups in total. The lowest BCUT2D eigenvalue weighted by atomic mass is 10.3. The van der Waals surface area contributed by atoms with E-state index in [2.05, 4.69) is 5.32 Å². The van der Waals surface area contributed by atoms with Gasteiger partial charge in [0.25, 0.3) is 5.91 Å². The van der Waals surface area contributed by atoms with Gasteiger partial charge in [0.15, 0.2) is 0 Å². The summed E-state index contributed by atoms with van der Waals surface area (Å²) in [6.45, 7) is 4.09. The molecule has 1 aromatic heterocycles. The first-order valence-electron chi connectivity index (χ1n) is 4.54. The van der Waals surface area contributed by atoms with Crippen LogP contribution in [0.3, 0.4) is 0 Å². The van der Waals surface area contributed by atoms with Crippen molar-refractivity contribution in [2.24, 2.45) is 0 Å². The molecule has 0 saturated heterocycles. The number of hydrogen-bond donors (Lipinski definition) is 1. The number of thiophene rings is 1. The second kappa shape index (κ2) is 3.14. The maximum absolute atomic E-state index is 11.6. The Morgan fingerprint density at radius 2 is 2.23 bits per heavy atom. The molecule has 13 heavy (non-hydrogen) atoms. The summed E-state index contributed by atoms with van der Waals surface area (Å²) in [5.74, 6) is 0.101. The Balaban J connectivity index is 2.09. The molecule has 1 aromatic rings. The molecule has 3 heteroatoms. The van der Waals surface area contributed by atoms with Crippen LogP contribution in [-0.4, -0.2) is 11.9 Å². The van der Waals surface area contributed by atoms with Crippen molar-refractivity contribution in [2.45, 2.75) is 32.7 Å². The van der Waals surface area contributed by atoms with Crippen LogP contribution in [0.2, 0.25) is 0 Å². The van der Waals surface area contributed by atoms with Gasteiger partial charge in [0.1, 0.15) is 0 Å². The fraction of sp³-hybridized carbons (Fsp3) is 0.500. The molecule has 0 unspecified atom stereocenters. The number of carbonyl (C=O) groups is 1. The van der Waals surface area contributed by atoms with E-state index in [1.165, 1.54) is 10.4 Å². The van der Waals surface area contributed by atoms with Crippen molar-refractivity contribution < 1.29 is 4.79 Å². The normalized spacial score (nSPS) is 15.8. The molecule has 70 valence electrons. The van der Waals surface area contributed by atoms with E-state index >= 15 is 0 Å². The van der Waals surface area contributed by atoms with Gasteiger partial charge in [-0.15, -0.1) is 11.3 Å². The summed E-state index contributed by atoms with van der Waals surface area (Å²) in [6, 6.07) is 2.42. The highest BCUT2D eigenvalue weighted by atomic mass is 32.1. The molecule has 1 saturated carbocycles. The summed E-state index contributed by atoms with van der Waals surface area (Å²) in [6.07, 6.45) is 2.30. The molecule has 0 bridgehead atoms. The Bertz CT molecular complexity index is 319. The molecule has 2 nitrogen and oxygen atoms in total. The van der Waals surface area contributed by atoms with Crippen LogP contribution in [0.1, 0.15) is 33.0 Å². The molecule has 1 aliphatic carbocycles. The first-order valence-corrected chi connectivity index (χ1v) is 5.36. The average Bonchev–Trinajstić information content (AvgIpc) is 2.81. The van der Waals surface area contributed by atoms with Crippen LogP contribution in [0.5, 0.6) is 0 Å². The maximum atomic E-state index is 11.6. The van der Waals surface area contributed by atoms with Crippen LogP contribution in [0.4, 0.5) is 0 Å². The molecular formula is C10H13NOS. The first kappa shape index (κ1) is 8.75. The van der Waals surface area contributed by atoms with E-state index in [4.69, 9.17) is 0 Å². The fourth-order valence-electron chi connectivity index (χ4n) is 1.17. The van der Waals surface area contributed by atoms with Crippen LogP contribution in [0, 0.1) is 13.8 Å². The first-order chi connectivity index (χ1) is 6.16. The molecule has 1 fully saturated rings. The van der Waals surface area contributed by atoms with Gasteiger partial charge >= 0.3 is 0 Å². The van der Waals surface area contributed by atoms with E-state index in [9.17, 15) is 4.79 Å². The predicted octanol–water partition coefficient (Wildman–Crippen LogP) is 2.26. The van der Waals surface area contributed by atoms with Crippen LogP contribution >= 0.6 is 11.3 Å². The van der Waals surface area contributed by atoms with Gasteiger partial charge in [-0.2, -0.15) is 0 Å². The van der Waals surface area contributed by atoms with E-state index in [1.807, 2.05) is 19.9 Å². The van der Waals surface area contributed by atoms with Crippen LogP contribution in [-0.2, 0) is 0 Å². The number of aryl methyl sites for hydroxylation is 2. The Morgan fingerprint density at radius 3 is 2.69 bits per heavy atom. The van der Waals surface area contributed by atoms with Gasteiger partial charge in [-0.05, 0) is 38.3 Å². The number of rotatable bonds is 2. The van der Waals surface area contributed by atoms with Crippen molar-refractivity contribution in [3.63, 3.8) is 0 Å². The summed E-state index contributed by atoms with van der Waals surface area (Å²) in [5.41, 5.74) is 1.21.